The number of halogens is 2. The van der Waals surface area contributed by atoms with Gasteiger partial charge in [-0.15, -0.1) is 10.2 Å². The monoisotopic (exact) mass is 591 g/mol. The number of ether oxygens (including phenoxy) is 1. The third-order valence-electron chi connectivity index (χ3n) is 5.33. The molecule has 0 spiro atoms. The number of amides is 1. The molecular weight excluding hydrogens is 570 g/mol. The maximum atomic E-state index is 12.2. The van der Waals surface area contributed by atoms with Crippen LogP contribution < -0.4 is 0 Å². The molecule has 1 aromatic heterocycles. The van der Waals surface area contributed by atoms with Crippen molar-refractivity contribution in [2.75, 3.05) is 32.9 Å². The number of hydrogen-bond acceptors (Lipinski definition) is 7. The average Bonchev–Trinajstić information content (AvgIpc) is 3.08. The van der Waals surface area contributed by atoms with Crippen molar-refractivity contribution in [2.45, 2.75) is 13.6 Å². The molecule has 4 rings (SSSR count). The summed E-state index contributed by atoms with van der Waals surface area (Å²) in [5, 5.41) is 23.4. The predicted molar refractivity (Wildman–Crippen MR) is 136 cm³/mol. The average molecular weight is 593 g/mol. The molecule has 2 aromatic carbocycles. The Hall–Kier alpha value is -2.60. The Balaban J connectivity index is 1.48. The SMILES string of the molecule is C/C(=N\OCC(=O)N=Nc1c(O)n(CN2CCOCC2)c2ccc(Br)cc12)c1ccc(Br)cc1. The van der Waals surface area contributed by atoms with E-state index >= 15 is 0 Å². The summed E-state index contributed by atoms with van der Waals surface area (Å²) in [4.78, 5) is 19.6. The molecule has 0 bridgehead atoms. The maximum absolute atomic E-state index is 12.2. The summed E-state index contributed by atoms with van der Waals surface area (Å²) in [5.41, 5.74) is 2.53. The van der Waals surface area contributed by atoms with Gasteiger partial charge in [-0.25, -0.2) is 0 Å². The minimum Gasteiger partial charge on any atom is -0.493 e. The third kappa shape index (κ3) is 5.90. The number of hydrogen-bond donors (Lipinski definition) is 1. The largest absolute Gasteiger partial charge is 0.493 e. The first kappa shape index (κ1) is 24.5. The van der Waals surface area contributed by atoms with Gasteiger partial charge in [0.1, 0.15) is 0 Å². The molecule has 1 fully saturated rings. The van der Waals surface area contributed by atoms with Crippen LogP contribution in [-0.2, 0) is 21.0 Å². The summed E-state index contributed by atoms with van der Waals surface area (Å²) < 4.78 is 8.95. The molecule has 178 valence electrons. The van der Waals surface area contributed by atoms with E-state index in [1.165, 1.54) is 0 Å². The number of rotatable bonds is 7. The Bertz CT molecular complexity index is 1230. The molecule has 0 saturated carbocycles. The zero-order chi connectivity index (χ0) is 24.1. The van der Waals surface area contributed by atoms with Crippen LogP contribution in [0.2, 0.25) is 0 Å². The Morgan fingerprint density at radius 1 is 1.12 bits per heavy atom. The quantitative estimate of drug-likeness (QED) is 0.230. The molecular formula is C23H23Br2N5O4. The van der Waals surface area contributed by atoms with Crippen LogP contribution in [-0.4, -0.2) is 59.1 Å². The van der Waals surface area contributed by atoms with Crippen molar-refractivity contribution in [1.29, 1.82) is 0 Å². The lowest BCUT2D eigenvalue weighted by molar-refractivity contribution is -0.122. The third-order valence-corrected chi connectivity index (χ3v) is 6.35. The lowest BCUT2D eigenvalue weighted by Crippen LogP contribution is -2.37. The fourth-order valence-electron chi connectivity index (χ4n) is 3.54. The number of morpholine rings is 1. The molecule has 0 radical (unpaired) electrons. The van der Waals surface area contributed by atoms with Gasteiger partial charge in [-0.3, -0.25) is 14.3 Å². The summed E-state index contributed by atoms with van der Waals surface area (Å²) >= 11 is 6.84. The second-order valence-electron chi connectivity index (χ2n) is 7.68. The van der Waals surface area contributed by atoms with Crippen molar-refractivity contribution in [3.8, 4) is 5.88 Å². The van der Waals surface area contributed by atoms with E-state index in [1.54, 1.807) is 11.5 Å². The molecule has 3 aromatic rings. The van der Waals surface area contributed by atoms with Crippen molar-refractivity contribution >= 4 is 60.1 Å². The lowest BCUT2D eigenvalue weighted by Gasteiger charge is -2.27. The molecule has 1 aliphatic heterocycles. The number of benzene rings is 2. The highest BCUT2D eigenvalue weighted by Gasteiger charge is 2.20. The number of oxime groups is 1. The highest BCUT2D eigenvalue weighted by molar-refractivity contribution is 9.10. The first-order valence-corrected chi connectivity index (χ1v) is 12.2. The highest BCUT2D eigenvalue weighted by atomic mass is 79.9. The Kier molecular flexibility index (Phi) is 8.09. The van der Waals surface area contributed by atoms with Crippen LogP contribution in [0.25, 0.3) is 10.9 Å². The van der Waals surface area contributed by atoms with Crippen molar-refractivity contribution in [3.05, 3.63) is 57.0 Å². The number of aromatic nitrogens is 1. The summed E-state index contributed by atoms with van der Waals surface area (Å²) in [5.74, 6) is -0.669. The molecule has 1 amide bonds. The molecule has 0 aliphatic carbocycles. The van der Waals surface area contributed by atoms with E-state index in [-0.39, 0.29) is 18.2 Å². The molecule has 0 atom stereocenters. The van der Waals surface area contributed by atoms with Crippen LogP contribution in [0.3, 0.4) is 0 Å². The van der Waals surface area contributed by atoms with Crippen LogP contribution in [0.15, 0.2) is 66.8 Å². The number of aromatic hydroxyl groups is 1. The topological polar surface area (TPSA) is 101 Å². The van der Waals surface area contributed by atoms with Gasteiger partial charge in [-0.1, -0.05) is 49.1 Å². The van der Waals surface area contributed by atoms with Crippen LogP contribution >= 0.6 is 31.9 Å². The summed E-state index contributed by atoms with van der Waals surface area (Å²) in [6, 6.07) is 13.2. The second kappa shape index (κ2) is 11.2. The molecule has 11 heteroatoms. The van der Waals surface area contributed by atoms with E-state index in [2.05, 4.69) is 52.1 Å². The van der Waals surface area contributed by atoms with Gasteiger partial charge in [0.05, 0.1) is 31.1 Å². The minimum absolute atomic E-state index is 0.0545. The van der Waals surface area contributed by atoms with Crippen molar-refractivity contribution in [2.24, 2.45) is 15.4 Å². The molecule has 0 unspecified atom stereocenters. The zero-order valence-corrected chi connectivity index (χ0v) is 21.6. The van der Waals surface area contributed by atoms with Gasteiger partial charge in [-0.2, -0.15) is 0 Å². The van der Waals surface area contributed by atoms with Crippen LogP contribution in [0.5, 0.6) is 5.88 Å². The number of carbonyl (C=O) groups is 1. The van der Waals surface area contributed by atoms with Crippen molar-refractivity contribution < 1.29 is 19.5 Å². The van der Waals surface area contributed by atoms with Gasteiger partial charge in [-0.05, 0) is 42.8 Å². The van der Waals surface area contributed by atoms with Gasteiger partial charge in [0.15, 0.2) is 12.3 Å². The van der Waals surface area contributed by atoms with Gasteiger partial charge in [0.2, 0.25) is 5.88 Å². The molecule has 1 N–H and O–H groups in total. The number of carbonyl (C=O) groups excluding carboxylic acids is 1. The molecule has 9 nitrogen and oxygen atoms in total. The maximum Gasteiger partial charge on any atom is 0.304 e. The van der Waals surface area contributed by atoms with Crippen LogP contribution in [0.1, 0.15) is 12.5 Å². The van der Waals surface area contributed by atoms with Gasteiger partial charge in [0.25, 0.3) is 0 Å². The molecule has 2 heterocycles. The Morgan fingerprint density at radius 2 is 1.82 bits per heavy atom. The van der Waals surface area contributed by atoms with Crippen LogP contribution in [0.4, 0.5) is 5.69 Å². The van der Waals surface area contributed by atoms with Gasteiger partial charge < -0.3 is 14.7 Å². The predicted octanol–water partition coefficient (Wildman–Crippen LogP) is 5.21. The number of nitrogens with zero attached hydrogens (tertiary/aromatic N) is 5. The minimum atomic E-state index is -0.615. The highest BCUT2D eigenvalue weighted by Crippen LogP contribution is 2.40. The van der Waals surface area contributed by atoms with E-state index in [9.17, 15) is 9.90 Å². The van der Waals surface area contributed by atoms with Crippen LogP contribution in [0, 0.1) is 0 Å². The number of azo groups is 1. The van der Waals surface area contributed by atoms with Crippen molar-refractivity contribution in [3.63, 3.8) is 0 Å². The van der Waals surface area contributed by atoms with E-state index in [0.29, 0.717) is 31.0 Å². The van der Waals surface area contributed by atoms with Gasteiger partial charge in [0, 0.05) is 27.4 Å². The Labute approximate surface area is 213 Å². The van der Waals surface area contributed by atoms with E-state index in [0.717, 1.165) is 33.1 Å². The summed E-state index contributed by atoms with van der Waals surface area (Å²) in [6.45, 7) is 4.73. The standard InChI is InChI=1S/C23H23Br2N5O4/c1-15(16-2-4-17(24)5-3-16)28-34-13-21(31)26-27-22-19-12-18(25)6-7-20(19)30(23(22)32)14-29-8-10-33-11-9-29/h2-7,12,32H,8-11,13-14H2,1H3/b27-26?,28-15+. The fourth-order valence-corrected chi connectivity index (χ4v) is 4.17. The molecule has 34 heavy (non-hydrogen) atoms. The van der Waals surface area contributed by atoms with Gasteiger partial charge >= 0.3 is 5.91 Å². The van der Waals surface area contributed by atoms with Crippen molar-refractivity contribution in [1.82, 2.24) is 9.47 Å². The van der Waals surface area contributed by atoms with E-state index in [1.807, 2.05) is 42.5 Å². The summed E-state index contributed by atoms with van der Waals surface area (Å²) in [7, 11) is 0. The zero-order valence-electron chi connectivity index (χ0n) is 18.4. The lowest BCUT2D eigenvalue weighted by atomic mass is 10.1. The number of fused-ring (bicyclic) bond motifs is 1. The smallest absolute Gasteiger partial charge is 0.304 e. The van der Waals surface area contributed by atoms with E-state index in [4.69, 9.17) is 9.57 Å². The summed E-state index contributed by atoms with van der Waals surface area (Å²) in [6.07, 6.45) is 0. The first-order chi connectivity index (χ1) is 16.4. The second-order valence-corrected chi connectivity index (χ2v) is 9.52. The fraction of sp³-hybridized carbons (Fsp3) is 0.304. The molecule has 1 aliphatic rings. The normalized spacial score (nSPS) is 15.3. The molecule has 1 saturated heterocycles. The Morgan fingerprint density at radius 3 is 2.56 bits per heavy atom. The first-order valence-electron chi connectivity index (χ1n) is 10.6. The van der Waals surface area contributed by atoms with E-state index < -0.39 is 5.91 Å².